The van der Waals surface area contributed by atoms with Gasteiger partial charge in [0.15, 0.2) is 0 Å². The summed E-state index contributed by atoms with van der Waals surface area (Å²) in [6.07, 6.45) is 18.8. The second-order valence-corrected chi connectivity index (χ2v) is 8.11. The Morgan fingerprint density at radius 1 is 0.591 bits per heavy atom. The van der Waals surface area contributed by atoms with Gasteiger partial charge in [0.2, 0.25) is 0 Å². The lowest BCUT2D eigenvalue weighted by Gasteiger charge is -2.29. The molecule has 0 unspecified atom stereocenters. The van der Waals surface area contributed by atoms with Crippen LogP contribution in [0.2, 0.25) is 0 Å². The molecular formula is C19H41BrIN. The highest BCUT2D eigenvalue weighted by Gasteiger charge is 2.12. The third-order valence-electron chi connectivity index (χ3n) is 4.56. The highest BCUT2D eigenvalue weighted by molar-refractivity contribution is 9.09. The first-order chi connectivity index (χ1) is 10.1. The van der Waals surface area contributed by atoms with E-state index < -0.39 is 0 Å². The summed E-state index contributed by atoms with van der Waals surface area (Å²) in [7, 11) is 4.70. The lowest BCUT2D eigenvalue weighted by atomic mass is 10.0. The van der Waals surface area contributed by atoms with Crippen LogP contribution < -0.4 is 24.0 Å². The molecule has 0 aromatic rings. The fourth-order valence-corrected chi connectivity index (χ4v) is 3.86. The second kappa shape index (κ2) is 18.5. The summed E-state index contributed by atoms with van der Waals surface area (Å²) in [4.78, 5) is 0. The molecule has 1 nitrogen and oxygen atoms in total. The summed E-state index contributed by atoms with van der Waals surface area (Å²) in [6.45, 7) is 4.88. The molecule has 0 fully saturated rings. The Hall–Kier alpha value is 1.17. The smallest absolute Gasteiger partial charge is 0.0880 e. The Morgan fingerprint density at radius 3 is 1.32 bits per heavy atom. The third kappa shape index (κ3) is 19.2. The van der Waals surface area contributed by atoms with Gasteiger partial charge in [-0.2, -0.15) is 0 Å². The number of alkyl halides is 1. The molecule has 0 spiro atoms. The predicted octanol–water partition coefficient (Wildman–Crippen LogP) is 3.55. The molecular weight excluding hydrogens is 449 g/mol. The SMILES string of the molecule is CCCCCCCCCCCCCCC[N+](C)(C)CCBr.[I-]. The minimum absolute atomic E-state index is 0. The van der Waals surface area contributed by atoms with Crippen molar-refractivity contribution in [2.45, 2.75) is 90.4 Å². The first-order valence-corrected chi connectivity index (χ1v) is 10.6. The number of quaternary nitrogens is 1. The fourth-order valence-electron chi connectivity index (χ4n) is 2.90. The quantitative estimate of drug-likeness (QED) is 0.134. The molecule has 0 N–H and O–H groups in total. The Morgan fingerprint density at radius 2 is 0.955 bits per heavy atom. The van der Waals surface area contributed by atoms with Gasteiger partial charge in [-0.3, -0.25) is 0 Å². The predicted molar refractivity (Wildman–Crippen MR) is 101 cm³/mol. The Balaban J connectivity index is 0. The molecule has 0 saturated carbocycles. The topological polar surface area (TPSA) is 0 Å². The van der Waals surface area contributed by atoms with Crippen LogP contribution in [0.1, 0.15) is 90.4 Å². The van der Waals surface area contributed by atoms with E-state index in [1.807, 2.05) is 0 Å². The van der Waals surface area contributed by atoms with Gasteiger partial charge in [-0.1, -0.05) is 93.5 Å². The van der Waals surface area contributed by atoms with Gasteiger partial charge in [0.1, 0.15) is 0 Å². The lowest BCUT2D eigenvalue weighted by Crippen LogP contribution is -3.00. The highest BCUT2D eigenvalue weighted by Crippen LogP contribution is 2.13. The Labute approximate surface area is 166 Å². The van der Waals surface area contributed by atoms with Crippen molar-refractivity contribution in [1.82, 2.24) is 0 Å². The average molecular weight is 490 g/mol. The van der Waals surface area contributed by atoms with Crippen molar-refractivity contribution in [3.8, 4) is 0 Å². The number of unbranched alkanes of at least 4 members (excludes halogenated alkanes) is 12. The number of hydrogen-bond donors (Lipinski definition) is 0. The van der Waals surface area contributed by atoms with Crippen LogP contribution in [0, 0.1) is 0 Å². The number of halogens is 2. The molecule has 0 aliphatic carbocycles. The highest BCUT2D eigenvalue weighted by atomic mass is 127. The number of nitrogens with zero attached hydrogens (tertiary/aromatic N) is 1. The molecule has 0 saturated heterocycles. The number of hydrogen-bond acceptors (Lipinski definition) is 0. The van der Waals surface area contributed by atoms with E-state index in [4.69, 9.17) is 0 Å². The van der Waals surface area contributed by atoms with Gasteiger partial charge in [0.25, 0.3) is 0 Å². The van der Waals surface area contributed by atoms with Crippen molar-refractivity contribution in [3.63, 3.8) is 0 Å². The summed E-state index contributed by atoms with van der Waals surface area (Å²) >= 11 is 3.55. The minimum atomic E-state index is 0. The summed E-state index contributed by atoms with van der Waals surface area (Å²) in [5, 5.41) is 1.12. The molecule has 22 heavy (non-hydrogen) atoms. The van der Waals surface area contributed by atoms with E-state index in [1.165, 1.54) is 101 Å². The van der Waals surface area contributed by atoms with Crippen LogP contribution in [0.25, 0.3) is 0 Å². The van der Waals surface area contributed by atoms with E-state index in [-0.39, 0.29) is 24.0 Å². The zero-order chi connectivity index (χ0) is 15.8. The summed E-state index contributed by atoms with van der Waals surface area (Å²) in [6, 6.07) is 0. The van der Waals surface area contributed by atoms with Crippen molar-refractivity contribution in [2.75, 3.05) is 32.5 Å². The van der Waals surface area contributed by atoms with E-state index in [2.05, 4.69) is 36.9 Å². The minimum Gasteiger partial charge on any atom is -1.00 e. The summed E-state index contributed by atoms with van der Waals surface area (Å²) in [5.41, 5.74) is 0. The second-order valence-electron chi connectivity index (χ2n) is 7.31. The van der Waals surface area contributed by atoms with Crippen LogP contribution in [0.15, 0.2) is 0 Å². The van der Waals surface area contributed by atoms with Crippen molar-refractivity contribution < 1.29 is 28.5 Å². The summed E-state index contributed by atoms with van der Waals surface area (Å²) < 4.78 is 1.17. The Bertz CT molecular complexity index is 210. The maximum atomic E-state index is 3.55. The van der Waals surface area contributed by atoms with Crippen molar-refractivity contribution >= 4 is 15.9 Å². The first-order valence-electron chi connectivity index (χ1n) is 9.50. The zero-order valence-corrected chi connectivity index (χ0v) is 19.3. The van der Waals surface area contributed by atoms with Gasteiger partial charge >= 0.3 is 0 Å². The molecule has 3 heteroatoms. The molecule has 0 radical (unpaired) electrons. The molecule has 0 heterocycles. The van der Waals surface area contributed by atoms with Crippen LogP contribution in [-0.4, -0.2) is 37.0 Å². The first kappa shape index (κ1) is 25.4. The average Bonchev–Trinajstić information content (AvgIpc) is 2.44. The Kier molecular flexibility index (Phi) is 21.4. The van der Waals surface area contributed by atoms with Gasteiger partial charge in [-0.15, -0.1) is 0 Å². The van der Waals surface area contributed by atoms with Gasteiger partial charge in [0.05, 0.1) is 32.5 Å². The monoisotopic (exact) mass is 489 g/mol. The molecule has 0 amide bonds. The largest absolute Gasteiger partial charge is 1.00 e. The molecule has 0 aromatic carbocycles. The standard InChI is InChI=1S/C19H41BrN.HI/c1-4-5-6-7-8-9-10-11-12-13-14-15-16-18-21(2,3)19-17-20;/h4-19H2,1-3H3;1H/q+1;/p-1. The lowest BCUT2D eigenvalue weighted by molar-refractivity contribution is -0.887. The van der Waals surface area contributed by atoms with Crippen LogP contribution in [0.5, 0.6) is 0 Å². The third-order valence-corrected chi connectivity index (χ3v) is 4.91. The maximum Gasteiger partial charge on any atom is 0.0880 e. The fraction of sp³-hybridized carbons (Fsp3) is 1.00. The van der Waals surface area contributed by atoms with Crippen molar-refractivity contribution in [2.24, 2.45) is 0 Å². The van der Waals surface area contributed by atoms with E-state index >= 15 is 0 Å². The molecule has 136 valence electrons. The van der Waals surface area contributed by atoms with E-state index in [1.54, 1.807) is 0 Å². The molecule has 0 rings (SSSR count). The zero-order valence-electron chi connectivity index (χ0n) is 15.5. The van der Waals surface area contributed by atoms with Crippen LogP contribution in [-0.2, 0) is 0 Å². The van der Waals surface area contributed by atoms with Crippen molar-refractivity contribution in [3.05, 3.63) is 0 Å². The van der Waals surface area contributed by atoms with Crippen LogP contribution in [0.4, 0.5) is 0 Å². The van der Waals surface area contributed by atoms with Crippen LogP contribution in [0.3, 0.4) is 0 Å². The van der Waals surface area contributed by atoms with Gasteiger partial charge in [-0.25, -0.2) is 0 Å². The normalized spacial score (nSPS) is 11.5. The maximum absolute atomic E-state index is 3.55. The van der Waals surface area contributed by atoms with Gasteiger partial charge < -0.3 is 28.5 Å². The van der Waals surface area contributed by atoms with Gasteiger partial charge in [-0.05, 0) is 12.8 Å². The van der Waals surface area contributed by atoms with E-state index in [0.717, 1.165) is 5.33 Å². The van der Waals surface area contributed by atoms with Gasteiger partial charge in [0, 0.05) is 0 Å². The molecule has 0 aromatic heterocycles. The molecule has 0 bridgehead atoms. The number of rotatable bonds is 16. The molecule has 0 aliphatic heterocycles. The van der Waals surface area contributed by atoms with E-state index in [0.29, 0.717) is 0 Å². The van der Waals surface area contributed by atoms with E-state index in [9.17, 15) is 0 Å². The van der Waals surface area contributed by atoms with Crippen LogP contribution >= 0.6 is 15.9 Å². The molecule has 0 aliphatic rings. The summed E-state index contributed by atoms with van der Waals surface area (Å²) in [5.74, 6) is 0. The molecule has 0 atom stereocenters. The van der Waals surface area contributed by atoms with Crippen molar-refractivity contribution in [1.29, 1.82) is 0 Å².